The van der Waals surface area contributed by atoms with Crippen LogP contribution in [0.1, 0.15) is 20.3 Å². The maximum absolute atomic E-state index is 11.7. The van der Waals surface area contributed by atoms with Gasteiger partial charge in [-0.2, -0.15) is 0 Å². The monoisotopic (exact) mass is 311 g/mol. The second kappa shape index (κ2) is 5.90. The van der Waals surface area contributed by atoms with Crippen LogP contribution in [0.25, 0.3) is 0 Å². The van der Waals surface area contributed by atoms with Crippen molar-refractivity contribution in [1.82, 2.24) is 5.32 Å². The Morgan fingerprint density at radius 1 is 1.64 bits per heavy atom. The highest BCUT2D eigenvalue weighted by Gasteiger charge is 2.25. The minimum absolute atomic E-state index is 0.0826. The van der Waals surface area contributed by atoms with Gasteiger partial charge >= 0.3 is 0 Å². The summed E-state index contributed by atoms with van der Waals surface area (Å²) in [6, 6.07) is 0.295. The van der Waals surface area contributed by atoms with Crippen LogP contribution >= 0.6 is 22.6 Å². The van der Waals surface area contributed by atoms with Gasteiger partial charge in [-0.3, -0.25) is 4.79 Å². The van der Waals surface area contributed by atoms with E-state index < -0.39 is 0 Å². The van der Waals surface area contributed by atoms with Crippen molar-refractivity contribution < 1.29 is 9.53 Å². The molecule has 1 aliphatic rings. The van der Waals surface area contributed by atoms with Gasteiger partial charge in [-0.25, -0.2) is 0 Å². The fourth-order valence-corrected chi connectivity index (χ4v) is 2.66. The average molecular weight is 311 g/mol. The number of hydrogen-bond donors (Lipinski definition) is 1. The molecule has 1 rings (SSSR count). The molecule has 0 radical (unpaired) electrons. The zero-order valence-electron chi connectivity index (χ0n) is 8.75. The lowest BCUT2D eigenvalue weighted by atomic mass is 10.0. The third-order valence-electron chi connectivity index (χ3n) is 2.60. The number of nitrogens with one attached hydrogen (secondary N) is 1. The number of rotatable bonds is 4. The smallest absolute Gasteiger partial charge is 0.225 e. The van der Waals surface area contributed by atoms with Gasteiger partial charge in [0.25, 0.3) is 0 Å². The van der Waals surface area contributed by atoms with Crippen LogP contribution in [0.4, 0.5) is 0 Å². The standard InChI is InChI=1S/C10H18INO2/c1-7(2)9(5-11)12-10(13)8-3-4-14-6-8/h7-9H,3-6H2,1-2H3,(H,12,13). The van der Waals surface area contributed by atoms with E-state index in [9.17, 15) is 4.79 Å². The van der Waals surface area contributed by atoms with Crippen molar-refractivity contribution in [2.45, 2.75) is 26.3 Å². The number of amides is 1. The highest BCUT2D eigenvalue weighted by atomic mass is 127. The molecule has 0 bridgehead atoms. The Labute approximate surface area is 99.1 Å². The van der Waals surface area contributed by atoms with Crippen molar-refractivity contribution in [1.29, 1.82) is 0 Å². The molecule has 1 fully saturated rings. The second-order valence-corrected chi connectivity index (χ2v) is 4.95. The first-order valence-electron chi connectivity index (χ1n) is 5.09. The molecule has 0 spiro atoms. The molecule has 1 aliphatic heterocycles. The summed E-state index contributed by atoms with van der Waals surface area (Å²) in [5.74, 6) is 0.746. The summed E-state index contributed by atoms with van der Waals surface area (Å²) in [6.07, 6.45) is 0.873. The molecule has 0 aromatic heterocycles. The fourth-order valence-electron chi connectivity index (χ4n) is 1.43. The summed E-state index contributed by atoms with van der Waals surface area (Å²) in [6.45, 7) is 5.59. The van der Waals surface area contributed by atoms with E-state index in [0.29, 0.717) is 18.6 Å². The van der Waals surface area contributed by atoms with Gasteiger partial charge in [0.05, 0.1) is 12.5 Å². The van der Waals surface area contributed by atoms with Gasteiger partial charge in [0.15, 0.2) is 0 Å². The Balaban J connectivity index is 2.37. The number of halogens is 1. The minimum atomic E-state index is 0.0826. The van der Waals surface area contributed by atoms with Crippen LogP contribution in [0, 0.1) is 11.8 Å². The van der Waals surface area contributed by atoms with Crippen molar-refractivity contribution in [3.63, 3.8) is 0 Å². The summed E-state index contributed by atoms with van der Waals surface area (Å²) in [7, 11) is 0. The van der Waals surface area contributed by atoms with E-state index in [1.807, 2.05) is 0 Å². The number of carbonyl (C=O) groups excluding carboxylic acids is 1. The molecule has 82 valence electrons. The highest BCUT2D eigenvalue weighted by Crippen LogP contribution is 2.14. The van der Waals surface area contributed by atoms with Gasteiger partial charge in [0, 0.05) is 17.1 Å². The van der Waals surface area contributed by atoms with E-state index in [4.69, 9.17) is 4.74 Å². The van der Waals surface area contributed by atoms with E-state index in [2.05, 4.69) is 41.8 Å². The lowest BCUT2D eigenvalue weighted by molar-refractivity contribution is -0.125. The van der Waals surface area contributed by atoms with Crippen LogP contribution in [-0.2, 0) is 9.53 Å². The lowest BCUT2D eigenvalue weighted by Gasteiger charge is -2.21. The maximum atomic E-state index is 11.7. The molecule has 1 heterocycles. The number of ether oxygens (including phenoxy) is 1. The second-order valence-electron chi connectivity index (χ2n) is 4.07. The Bertz CT molecular complexity index is 191. The van der Waals surface area contributed by atoms with E-state index >= 15 is 0 Å². The van der Waals surface area contributed by atoms with Gasteiger partial charge in [0.1, 0.15) is 0 Å². The summed E-state index contributed by atoms with van der Waals surface area (Å²) >= 11 is 2.32. The summed E-state index contributed by atoms with van der Waals surface area (Å²) in [5.41, 5.74) is 0. The van der Waals surface area contributed by atoms with Gasteiger partial charge in [-0.05, 0) is 12.3 Å². The molecular formula is C10H18INO2. The maximum Gasteiger partial charge on any atom is 0.225 e. The topological polar surface area (TPSA) is 38.3 Å². The first-order chi connectivity index (χ1) is 6.65. The van der Waals surface area contributed by atoms with Crippen LogP contribution in [0.2, 0.25) is 0 Å². The van der Waals surface area contributed by atoms with E-state index in [1.165, 1.54) is 0 Å². The van der Waals surface area contributed by atoms with Crippen molar-refractivity contribution in [3.8, 4) is 0 Å². The lowest BCUT2D eigenvalue weighted by Crippen LogP contribution is -2.43. The van der Waals surface area contributed by atoms with Crippen LogP contribution in [0.5, 0.6) is 0 Å². The number of carbonyl (C=O) groups is 1. The number of hydrogen-bond acceptors (Lipinski definition) is 2. The van der Waals surface area contributed by atoms with Gasteiger partial charge < -0.3 is 10.1 Å². The van der Waals surface area contributed by atoms with Gasteiger partial charge in [0.2, 0.25) is 5.91 Å². The quantitative estimate of drug-likeness (QED) is 0.633. The highest BCUT2D eigenvalue weighted by molar-refractivity contribution is 14.1. The Morgan fingerprint density at radius 3 is 2.79 bits per heavy atom. The Hall–Kier alpha value is 0.160. The molecular weight excluding hydrogens is 293 g/mol. The third-order valence-corrected chi connectivity index (χ3v) is 3.55. The molecule has 2 atom stereocenters. The van der Waals surface area contributed by atoms with Crippen molar-refractivity contribution >= 4 is 28.5 Å². The Morgan fingerprint density at radius 2 is 2.36 bits per heavy atom. The first-order valence-corrected chi connectivity index (χ1v) is 6.61. The van der Waals surface area contributed by atoms with E-state index in [1.54, 1.807) is 0 Å². The molecule has 0 saturated carbocycles. The predicted octanol–water partition coefficient (Wildman–Crippen LogP) is 1.60. The molecule has 14 heavy (non-hydrogen) atoms. The molecule has 0 aromatic rings. The SMILES string of the molecule is CC(C)C(CI)NC(=O)C1CCOC1. The summed E-state index contributed by atoms with van der Waals surface area (Å²) < 4.78 is 6.16. The Kier molecular flexibility index (Phi) is 5.15. The largest absolute Gasteiger partial charge is 0.381 e. The molecule has 4 heteroatoms. The zero-order chi connectivity index (χ0) is 10.6. The number of alkyl halides is 1. The van der Waals surface area contributed by atoms with Crippen molar-refractivity contribution in [3.05, 3.63) is 0 Å². The van der Waals surface area contributed by atoms with Crippen molar-refractivity contribution in [2.24, 2.45) is 11.8 Å². The fraction of sp³-hybridized carbons (Fsp3) is 0.900. The molecule has 1 saturated heterocycles. The van der Waals surface area contributed by atoms with Crippen LogP contribution < -0.4 is 5.32 Å². The molecule has 1 N–H and O–H groups in total. The summed E-state index contributed by atoms with van der Waals surface area (Å²) in [5, 5.41) is 3.08. The average Bonchev–Trinajstić information content (AvgIpc) is 2.65. The van der Waals surface area contributed by atoms with Crippen molar-refractivity contribution in [2.75, 3.05) is 17.6 Å². The molecule has 3 nitrogen and oxygen atoms in total. The first kappa shape index (κ1) is 12.2. The molecule has 1 amide bonds. The van der Waals surface area contributed by atoms with Crippen LogP contribution in [0.3, 0.4) is 0 Å². The molecule has 2 unspecified atom stereocenters. The van der Waals surface area contributed by atoms with E-state index in [-0.39, 0.29) is 11.8 Å². The van der Waals surface area contributed by atoms with E-state index in [0.717, 1.165) is 17.5 Å². The van der Waals surface area contributed by atoms with Crippen LogP contribution in [-0.4, -0.2) is 29.6 Å². The zero-order valence-corrected chi connectivity index (χ0v) is 10.9. The normalized spacial score (nSPS) is 23.9. The summed E-state index contributed by atoms with van der Waals surface area (Å²) in [4.78, 5) is 11.7. The molecule has 0 aliphatic carbocycles. The van der Waals surface area contributed by atoms with Gasteiger partial charge in [-0.1, -0.05) is 36.4 Å². The minimum Gasteiger partial charge on any atom is -0.381 e. The molecule has 0 aromatic carbocycles. The van der Waals surface area contributed by atoms with Gasteiger partial charge in [-0.15, -0.1) is 0 Å². The van der Waals surface area contributed by atoms with Crippen LogP contribution in [0.15, 0.2) is 0 Å². The third kappa shape index (κ3) is 3.38. The predicted molar refractivity (Wildman–Crippen MR) is 64.6 cm³/mol.